The van der Waals surface area contributed by atoms with Crippen molar-refractivity contribution in [2.75, 3.05) is 0 Å². The van der Waals surface area contributed by atoms with Gasteiger partial charge in [0.2, 0.25) is 0 Å². The number of hydrogen-bond donors (Lipinski definition) is 0. The summed E-state index contributed by atoms with van der Waals surface area (Å²) in [6.45, 7) is 0. The molecule has 0 saturated carbocycles. The van der Waals surface area contributed by atoms with E-state index in [-0.39, 0.29) is 0 Å². The van der Waals surface area contributed by atoms with Crippen LogP contribution in [0.4, 0.5) is 0 Å². The Labute approximate surface area is 98.8 Å². The molecule has 1 aromatic rings. The Kier molecular flexibility index (Phi) is 6.30. The van der Waals surface area contributed by atoms with E-state index in [9.17, 15) is 0 Å². The molecule has 3 heteroatoms. The molecule has 0 spiro atoms. The maximum atomic E-state index is 5.71. The number of rotatable bonds is 1. The van der Waals surface area contributed by atoms with Gasteiger partial charge in [-0.05, 0) is 0 Å². The molecule has 1 aromatic carbocycles. The van der Waals surface area contributed by atoms with Crippen LogP contribution in [-0.2, 0) is 15.7 Å². The fourth-order valence-electron chi connectivity index (χ4n) is 0.962. The Morgan fingerprint density at radius 1 is 0.714 bits per heavy atom. The van der Waals surface area contributed by atoms with E-state index in [2.05, 4.69) is 12.2 Å². The number of allylic oxidation sites excluding steroid dienone is 4. The zero-order valence-electron chi connectivity index (χ0n) is 7.61. The zero-order valence-corrected chi connectivity index (χ0v) is 10.7. The number of halogens is 2. The van der Waals surface area contributed by atoms with E-state index in [1.165, 1.54) is 0 Å². The summed E-state index contributed by atoms with van der Waals surface area (Å²) in [7, 11) is 11.4. The molecule has 73 valence electrons. The van der Waals surface area contributed by atoms with Crippen molar-refractivity contribution in [3.8, 4) is 0 Å². The normalized spacial score (nSPS) is 13.6. The molecule has 0 N–H and O–H groups in total. The van der Waals surface area contributed by atoms with Crippen LogP contribution in [0, 0.1) is 0 Å². The molecule has 0 atom stereocenters. The second-order valence-electron chi connectivity index (χ2n) is 2.74. The molecule has 0 radical (unpaired) electrons. The van der Waals surface area contributed by atoms with Gasteiger partial charge < -0.3 is 0 Å². The van der Waals surface area contributed by atoms with Crippen LogP contribution in [0.15, 0.2) is 60.7 Å². The van der Waals surface area contributed by atoms with Crippen molar-refractivity contribution in [3.63, 3.8) is 0 Å². The van der Waals surface area contributed by atoms with Crippen molar-refractivity contribution in [1.82, 2.24) is 0 Å². The summed E-state index contributed by atoms with van der Waals surface area (Å²) < 4.78 is 0.401. The number of hydrogen-bond acceptors (Lipinski definition) is 0. The average molecular weight is 262 g/mol. The fraction of sp³-hybridized carbons (Fsp3) is 0.0909. The maximum Gasteiger partial charge on any atom is -0.0623 e. The van der Waals surface area contributed by atoms with Crippen LogP contribution in [0.2, 0.25) is 4.22 Å². The summed E-state index contributed by atoms with van der Waals surface area (Å²) in [5, 5.41) is 0. The van der Waals surface area contributed by atoms with Gasteiger partial charge in [-0.3, -0.25) is 0 Å². The van der Waals surface area contributed by atoms with E-state index in [0.717, 1.165) is 0 Å². The minimum absolute atomic E-state index is 0.401. The number of benzene rings is 1. The molecule has 0 nitrogen and oxygen atoms in total. The molecule has 0 saturated heterocycles. The van der Waals surface area contributed by atoms with Crippen molar-refractivity contribution < 1.29 is 15.7 Å². The summed E-state index contributed by atoms with van der Waals surface area (Å²) in [4.78, 5) is 0. The molecule has 1 aliphatic carbocycles. The van der Waals surface area contributed by atoms with Gasteiger partial charge in [-0.15, -0.1) is 0 Å². The van der Waals surface area contributed by atoms with Gasteiger partial charge in [-0.1, -0.05) is 36.4 Å². The molecule has 0 fully saturated rings. The fourth-order valence-corrected chi connectivity index (χ4v) is 2.96. The Hall–Kier alpha value is -0.00571. The molecule has 14 heavy (non-hydrogen) atoms. The first-order valence-electron chi connectivity index (χ1n) is 4.33. The van der Waals surface area contributed by atoms with E-state index in [1.54, 1.807) is 0 Å². The standard InChI is InChI=1S/C6H6.C5H5.2ClH.Ti/c1-2-4-6-5-3-1;1-2-4-5-3-1;;;/h1-6H;1-5H;2*1H;/q;;;;+2/p-2. The smallest absolute Gasteiger partial charge is 0.0623 e. The van der Waals surface area contributed by atoms with Crippen molar-refractivity contribution in [2.24, 2.45) is 0 Å². The van der Waals surface area contributed by atoms with Crippen LogP contribution in [0.5, 0.6) is 0 Å². The quantitative estimate of drug-likeness (QED) is 0.653. The Bertz CT molecular complexity index is 255. The van der Waals surface area contributed by atoms with Gasteiger partial charge in [0.05, 0.1) is 0 Å². The molecule has 0 unspecified atom stereocenters. The van der Waals surface area contributed by atoms with Crippen LogP contribution in [0.1, 0.15) is 0 Å². The van der Waals surface area contributed by atoms with Crippen molar-refractivity contribution in [3.05, 3.63) is 60.7 Å². The summed E-state index contributed by atoms with van der Waals surface area (Å²) in [5.41, 5.74) is 0. The third-order valence-electron chi connectivity index (χ3n) is 1.67. The Morgan fingerprint density at radius 2 is 1.07 bits per heavy atom. The van der Waals surface area contributed by atoms with Crippen LogP contribution in [0.3, 0.4) is 0 Å². The first-order valence-corrected chi connectivity index (χ1v) is 9.53. The van der Waals surface area contributed by atoms with Crippen LogP contribution in [-0.4, -0.2) is 0 Å². The SMILES string of the molecule is [Cl][Ti]([Cl])[CH]1C=CC=C1.c1ccccc1. The minimum Gasteiger partial charge on any atom is -0.0623 e. The van der Waals surface area contributed by atoms with E-state index in [1.807, 2.05) is 48.6 Å². The van der Waals surface area contributed by atoms with Crippen molar-refractivity contribution in [2.45, 2.75) is 4.22 Å². The van der Waals surface area contributed by atoms with E-state index < -0.39 is 15.7 Å². The average Bonchev–Trinajstić information content (AvgIpc) is 2.74. The maximum absolute atomic E-state index is 5.71. The summed E-state index contributed by atoms with van der Waals surface area (Å²) >= 11 is -1.69. The predicted octanol–water partition coefficient (Wildman–Crippen LogP) is 4.51. The topological polar surface area (TPSA) is 0 Å². The molecule has 0 heterocycles. The largest absolute Gasteiger partial charge is 0.0623 e. The Morgan fingerprint density at radius 3 is 1.29 bits per heavy atom. The molecular formula is C11H11Cl2Ti. The monoisotopic (exact) mass is 261 g/mol. The molecule has 0 amide bonds. The van der Waals surface area contributed by atoms with Crippen molar-refractivity contribution in [1.29, 1.82) is 0 Å². The first kappa shape index (κ1) is 12.1. The summed E-state index contributed by atoms with van der Waals surface area (Å²) in [6, 6.07) is 12.0. The second kappa shape index (κ2) is 7.31. The zero-order chi connectivity index (χ0) is 10.2. The van der Waals surface area contributed by atoms with E-state index in [0.29, 0.717) is 4.22 Å². The van der Waals surface area contributed by atoms with Gasteiger partial charge >= 0.3 is 62.9 Å². The third kappa shape index (κ3) is 5.02. The third-order valence-corrected chi connectivity index (χ3v) is 5.13. The van der Waals surface area contributed by atoms with Crippen LogP contribution in [0.25, 0.3) is 0 Å². The van der Waals surface area contributed by atoms with Gasteiger partial charge in [0.15, 0.2) is 0 Å². The van der Waals surface area contributed by atoms with Gasteiger partial charge in [0.25, 0.3) is 0 Å². The van der Waals surface area contributed by atoms with Crippen LogP contribution >= 0.6 is 18.6 Å². The molecule has 1 aliphatic rings. The molecular weight excluding hydrogens is 251 g/mol. The first-order chi connectivity index (χ1) is 6.80. The molecule has 0 bridgehead atoms. The van der Waals surface area contributed by atoms with E-state index >= 15 is 0 Å². The summed E-state index contributed by atoms with van der Waals surface area (Å²) in [5.74, 6) is 0. The molecule has 0 aromatic heterocycles. The molecule has 2 rings (SSSR count). The summed E-state index contributed by atoms with van der Waals surface area (Å²) in [6.07, 6.45) is 8.08. The van der Waals surface area contributed by atoms with Crippen molar-refractivity contribution >= 4 is 18.6 Å². The molecule has 0 aliphatic heterocycles. The van der Waals surface area contributed by atoms with Crippen LogP contribution < -0.4 is 0 Å². The van der Waals surface area contributed by atoms with E-state index in [4.69, 9.17) is 18.6 Å². The Balaban J connectivity index is 0.000000146. The minimum atomic E-state index is -1.69. The van der Waals surface area contributed by atoms with Gasteiger partial charge in [0.1, 0.15) is 0 Å². The second-order valence-corrected chi connectivity index (χ2v) is 8.84. The van der Waals surface area contributed by atoms with Gasteiger partial charge in [-0.2, -0.15) is 0 Å². The predicted molar refractivity (Wildman–Crippen MR) is 60.2 cm³/mol. The van der Waals surface area contributed by atoms with Gasteiger partial charge in [-0.25, -0.2) is 0 Å². The van der Waals surface area contributed by atoms with Gasteiger partial charge in [0, 0.05) is 0 Å².